The van der Waals surface area contributed by atoms with E-state index in [1.54, 1.807) is 6.92 Å². The maximum Gasteiger partial charge on any atom is 0.338 e. The minimum atomic E-state index is -3.65. The van der Waals surface area contributed by atoms with E-state index < -0.39 is 16.0 Å². The summed E-state index contributed by atoms with van der Waals surface area (Å²) in [5.41, 5.74) is 0.316. The molecule has 2 aromatic carbocycles. The molecule has 2 aromatic rings. The molecule has 0 radical (unpaired) electrons. The Balaban J connectivity index is 1.98. The number of para-hydroxylation sites is 1. The van der Waals surface area contributed by atoms with E-state index in [9.17, 15) is 13.2 Å². The molecule has 0 aromatic heterocycles. The second kappa shape index (κ2) is 8.64. The quantitative estimate of drug-likeness (QED) is 0.674. The third kappa shape index (κ3) is 5.04. The summed E-state index contributed by atoms with van der Waals surface area (Å²) >= 11 is 0. The molecule has 0 amide bonds. The first-order valence-corrected chi connectivity index (χ1v) is 9.30. The topological polar surface area (TPSA) is 72.9 Å². The molecule has 0 spiro atoms. The second-order valence-electron chi connectivity index (χ2n) is 5.23. The van der Waals surface area contributed by atoms with E-state index in [1.165, 1.54) is 35.6 Å². The number of rotatable bonds is 8. The van der Waals surface area contributed by atoms with Crippen LogP contribution in [-0.2, 0) is 14.8 Å². The molecule has 0 saturated carbocycles. The van der Waals surface area contributed by atoms with E-state index in [2.05, 4.69) is 0 Å². The molecule has 0 aliphatic rings. The Morgan fingerprint density at radius 2 is 1.68 bits per heavy atom. The van der Waals surface area contributed by atoms with Crippen LogP contribution in [0.1, 0.15) is 17.3 Å². The van der Waals surface area contributed by atoms with Gasteiger partial charge in [0.1, 0.15) is 12.4 Å². The fourth-order valence-corrected chi connectivity index (χ4v) is 3.24. The van der Waals surface area contributed by atoms with Gasteiger partial charge in [0.15, 0.2) is 0 Å². The standard InChI is InChI=1S/C18H21NO5S/c1-3-23-18(20)15-9-11-17(12-10-15)25(21,22)19(2)13-14-24-16-7-5-4-6-8-16/h4-12H,3,13-14H2,1-2H3. The monoisotopic (exact) mass is 363 g/mol. The number of ether oxygens (including phenoxy) is 2. The van der Waals surface area contributed by atoms with Gasteiger partial charge in [0.2, 0.25) is 10.0 Å². The van der Waals surface area contributed by atoms with Crippen LogP contribution in [0.5, 0.6) is 5.75 Å². The lowest BCUT2D eigenvalue weighted by Gasteiger charge is -2.17. The Bertz CT molecular complexity index is 788. The molecule has 0 fully saturated rings. The lowest BCUT2D eigenvalue weighted by atomic mass is 10.2. The van der Waals surface area contributed by atoms with Crippen LogP contribution in [0.2, 0.25) is 0 Å². The highest BCUT2D eigenvalue weighted by molar-refractivity contribution is 7.89. The predicted octanol–water partition coefficient (Wildman–Crippen LogP) is 2.56. The van der Waals surface area contributed by atoms with Crippen LogP contribution in [0.15, 0.2) is 59.5 Å². The Hall–Kier alpha value is -2.38. The number of nitrogens with zero attached hydrogens (tertiary/aromatic N) is 1. The second-order valence-corrected chi connectivity index (χ2v) is 7.28. The summed E-state index contributed by atoms with van der Waals surface area (Å²) in [4.78, 5) is 11.7. The fraction of sp³-hybridized carbons (Fsp3) is 0.278. The summed E-state index contributed by atoms with van der Waals surface area (Å²) < 4.78 is 36.7. The van der Waals surface area contributed by atoms with Crippen molar-refractivity contribution in [3.63, 3.8) is 0 Å². The van der Waals surface area contributed by atoms with Crippen molar-refractivity contribution < 1.29 is 22.7 Å². The molecule has 6 nitrogen and oxygen atoms in total. The smallest absolute Gasteiger partial charge is 0.338 e. The molecule has 0 heterocycles. The molecule has 25 heavy (non-hydrogen) atoms. The maximum atomic E-state index is 12.5. The minimum Gasteiger partial charge on any atom is -0.492 e. The van der Waals surface area contributed by atoms with Crippen molar-refractivity contribution in [1.82, 2.24) is 4.31 Å². The number of esters is 1. The molecule has 0 aliphatic heterocycles. The van der Waals surface area contributed by atoms with E-state index in [4.69, 9.17) is 9.47 Å². The van der Waals surface area contributed by atoms with Gasteiger partial charge in [0.25, 0.3) is 0 Å². The summed E-state index contributed by atoms with van der Waals surface area (Å²) in [5.74, 6) is 0.211. The van der Waals surface area contributed by atoms with E-state index in [-0.39, 0.29) is 24.7 Å². The van der Waals surface area contributed by atoms with Gasteiger partial charge in [-0.1, -0.05) is 18.2 Å². The first kappa shape index (κ1) is 19.0. The first-order chi connectivity index (χ1) is 11.9. The van der Waals surface area contributed by atoms with Crippen molar-refractivity contribution in [2.45, 2.75) is 11.8 Å². The van der Waals surface area contributed by atoms with Gasteiger partial charge >= 0.3 is 5.97 Å². The fourth-order valence-electron chi connectivity index (χ4n) is 2.09. The first-order valence-electron chi connectivity index (χ1n) is 7.86. The van der Waals surface area contributed by atoms with Gasteiger partial charge in [-0.15, -0.1) is 0 Å². The number of benzene rings is 2. The zero-order valence-corrected chi connectivity index (χ0v) is 15.0. The lowest BCUT2D eigenvalue weighted by Crippen LogP contribution is -2.31. The SMILES string of the molecule is CCOC(=O)c1ccc(S(=O)(=O)N(C)CCOc2ccccc2)cc1. The van der Waals surface area contributed by atoms with Crippen molar-refractivity contribution in [3.8, 4) is 5.75 Å². The number of hydrogen-bond donors (Lipinski definition) is 0. The molecule has 0 aliphatic carbocycles. The minimum absolute atomic E-state index is 0.114. The maximum absolute atomic E-state index is 12.5. The summed E-state index contributed by atoms with van der Waals surface area (Å²) in [5, 5.41) is 0. The van der Waals surface area contributed by atoms with Gasteiger partial charge in [-0.3, -0.25) is 0 Å². The highest BCUT2D eigenvalue weighted by Crippen LogP contribution is 2.16. The van der Waals surface area contributed by atoms with Crippen LogP contribution in [0.4, 0.5) is 0 Å². The Morgan fingerprint density at radius 3 is 2.28 bits per heavy atom. The number of carbonyl (C=O) groups is 1. The lowest BCUT2D eigenvalue weighted by molar-refractivity contribution is 0.0526. The Labute approximate surface area is 148 Å². The number of carbonyl (C=O) groups excluding carboxylic acids is 1. The third-order valence-electron chi connectivity index (χ3n) is 3.49. The van der Waals surface area contributed by atoms with Crippen molar-refractivity contribution in [2.24, 2.45) is 0 Å². The van der Waals surface area contributed by atoms with Gasteiger partial charge in [-0.05, 0) is 43.3 Å². The summed E-state index contributed by atoms with van der Waals surface area (Å²) in [6.07, 6.45) is 0. The molecule has 134 valence electrons. The number of sulfonamides is 1. The highest BCUT2D eigenvalue weighted by Gasteiger charge is 2.21. The Kier molecular flexibility index (Phi) is 6.55. The van der Waals surface area contributed by atoms with Gasteiger partial charge in [-0.2, -0.15) is 4.31 Å². The van der Waals surface area contributed by atoms with Crippen molar-refractivity contribution in [1.29, 1.82) is 0 Å². The number of hydrogen-bond acceptors (Lipinski definition) is 5. The predicted molar refractivity (Wildman–Crippen MR) is 94.2 cm³/mol. The van der Waals surface area contributed by atoms with E-state index in [1.807, 2.05) is 30.3 Å². The largest absolute Gasteiger partial charge is 0.492 e. The van der Waals surface area contributed by atoms with Gasteiger partial charge < -0.3 is 9.47 Å². The molecular formula is C18H21NO5S. The van der Waals surface area contributed by atoms with Crippen molar-refractivity contribution >= 4 is 16.0 Å². The average molecular weight is 363 g/mol. The van der Waals surface area contributed by atoms with Crippen LogP contribution >= 0.6 is 0 Å². The molecule has 0 unspecified atom stereocenters. The van der Waals surface area contributed by atoms with Crippen molar-refractivity contribution in [3.05, 3.63) is 60.2 Å². The van der Waals surface area contributed by atoms with E-state index in [0.29, 0.717) is 11.3 Å². The molecular weight excluding hydrogens is 342 g/mol. The molecule has 2 rings (SSSR count). The van der Waals surface area contributed by atoms with Crippen LogP contribution in [0.3, 0.4) is 0 Å². The zero-order chi connectivity index (χ0) is 18.3. The summed E-state index contributed by atoms with van der Waals surface area (Å²) in [6.45, 7) is 2.42. The van der Waals surface area contributed by atoms with Gasteiger partial charge in [0.05, 0.1) is 17.1 Å². The highest BCUT2D eigenvalue weighted by atomic mass is 32.2. The van der Waals surface area contributed by atoms with Crippen LogP contribution in [-0.4, -0.2) is 45.5 Å². The zero-order valence-electron chi connectivity index (χ0n) is 14.2. The normalized spacial score (nSPS) is 11.3. The molecule has 0 N–H and O–H groups in total. The third-order valence-corrected chi connectivity index (χ3v) is 5.36. The molecule has 0 bridgehead atoms. The average Bonchev–Trinajstić information content (AvgIpc) is 2.63. The number of likely N-dealkylation sites (N-methyl/N-ethyl adjacent to an activating group) is 1. The summed E-state index contributed by atoms with van der Waals surface area (Å²) in [7, 11) is -2.16. The molecule has 7 heteroatoms. The van der Waals surface area contributed by atoms with Crippen molar-refractivity contribution in [2.75, 3.05) is 26.8 Å². The summed E-state index contributed by atoms with van der Waals surface area (Å²) in [6, 6.07) is 14.9. The van der Waals surface area contributed by atoms with Crippen LogP contribution < -0.4 is 4.74 Å². The van der Waals surface area contributed by atoms with E-state index >= 15 is 0 Å². The molecule has 0 saturated heterocycles. The van der Waals surface area contributed by atoms with Crippen LogP contribution in [0, 0.1) is 0 Å². The van der Waals surface area contributed by atoms with Crippen LogP contribution in [0.25, 0.3) is 0 Å². The Morgan fingerprint density at radius 1 is 1.04 bits per heavy atom. The van der Waals surface area contributed by atoms with Gasteiger partial charge in [0, 0.05) is 13.6 Å². The van der Waals surface area contributed by atoms with Gasteiger partial charge in [-0.25, -0.2) is 13.2 Å². The van der Waals surface area contributed by atoms with E-state index in [0.717, 1.165) is 0 Å². The molecule has 0 atom stereocenters.